The number of aromatic nitrogens is 1. The first kappa shape index (κ1) is 20.6. The predicted octanol–water partition coefficient (Wildman–Crippen LogP) is 1.35. The van der Waals surface area contributed by atoms with Crippen LogP contribution in [0.3, 0.4) is 0 Å². The van der Waals surface area contributed by atoms with Crippen LogP contribution < -0.4 is 26.4 Å². The van der Waals surface area contributed by atoms with Gasteiger partial charge >= 0.3 is 0 Å². The van der Waals surface area contributed by atoms with Gasteiger partial charge in [-0.25, -0.2) is 4.57 Å². The summed E-state index contributed by atoms with van der Waals surface area (Å²) in [6.45, 7) is 5.38. The Kier molecular flexibility index (Phi) is 6.35. The van der Waals surface area contributed by atoms with Crippen molar-refractivity contribution in [2.75, 3.05) is 6.61 Å². The Labute approximate surface area is 176 Å². The summed E-state index contributed by atoms with van der Waals surface area (Å²) in [6, 6.07) is 17.8. The summed E-state index contributed by atoms with van der Waals surface area (Å²) >= 11 is 0. The van der Waals surface area contributed by atoms with Crippen LogP contribution in [0.4, 0.5) is 0 Å². The molecule has 1 aliphatic rings. The smallest absolute Gasteiger partial charge is 0.231 e. The van der Waals surface area contributed by atoms with Gasteiger partial charge in [0.1, 0.15) is 11.5 Å². The van der Waals surface area contributed by atoms with Crippen molar-refractivity contribution in [3.05, 3.63) is 95.0 Å². The Morgan fingerprint density at radius 3 is 2.45 bits per heavy atom. The van der Waals surface area contributed by atoms with Crippen LogP contribution in [0.25, 0.3) is 6.08 Å². The summed E-state index contributed by atoms with van der Waals surface area (Å²) in [6.07, 6.45) is 5.79. The molecule has 148 valence electrons. The van der Waals surface area contributed by atoms with Crippen LogP contribution in [-0.4, -0.2) is 12.4 Å². The molecule has 0 saturated heterocycles. The summed E-state index contributed by atoms with van der Waals surface area (Å²) in [5, 5.41) is 0. The summed E-state index contributed by atoms with van der Waals surface area (Å²) < 4.78 is 13.4. The zero-order valence-corrected chi connectivity index (χ0v) is 17.1. The lowest BCUT2D eigenvalue weighted by Crippen LogP contribution is -3.00. The summed E-state index contributed by atoms with van der Waals surface area (Å²) in [5.74, 6) is 1.48. The van der Waals surface area contributed by atoms with E-state index < -0.39 is 0 Å². The fraction of sp³-hybridized carbons (Fsp3) is 0.167. The number of allylic oxidation sites excluding steroid dienone is 1. The highest BCUT2D eigenvalue weighted by Gasteiger charge is 2.27. The largest absolute Gasteiger partial charge is 1.00 e. The van der Waals surface area contributed by atoms with E-state index in [-0.39, 0.29) is 18.2 Å². The number of pyridine rings is 1. The van der Waals surface area contributed by atoms with Gasteiger partial charge in [0, 0.05) is 23.8 Å². The number of carbonyl (C=O) groups excluding carboxylic acids is 1. The van der Waals surface area contributed by atoms with E-state index in [9.17, 15) is 4.79 Å². The minimum Gasteiger partial charge on any atom is -1.00 e. The normalized spacial score (nSPS) is 13.6. The van der Waals surface area contributed by atoms with E-state index in [1.54, 1.807) is 24.3 Å². The lowest BCUT2D eigenvalue weighted by Gasteiger charge is -2.03. The number of benzene rings is 2. The fourth-order valence-electron chi connectivity index (χ4n) is 3.15. The quantitative estimate of drug-likeness (QED) is 0.473. The molecule has 0 aliphatic carbocycles. The Morgan fingerprint density at radius 2 is 1.76 bits per heavy atom. The van der Waals surface area contributed by atoms with Crippen molar-refractivity contribution in [3.8, 4) is 11.5 Å². The Bertz CT molecular complexity index is 1040. The molecule has 29 heavy (non-hydrogen) atoms. The number of ether oxygens (including phenoxy) is 2. The van der Waals surface area contributed by atoms with Gasteiger partial charge in [0.2, 0.25) is 5.78 Å². The second-order valence-electron chi connectivity index (χ2n) is 6.82. The first-order valence-corrected chi connectivity index (χ1v) is 9.38. The third kappa shape index (κ3) is 4.66. The van der Waals surface area contributed by atoms with Gasteiger partial charge in [-0.05, 0) is 37.6 Å². The van der Waals surface area contributed by atoms with Crippen LogP contribution in [-0.2, 0) is 6.54 Å². The summed E-state index contributed by atoms with van der Waals surface area (Å²) in [7, 11) is 0. The molecule has 4 nitrogen and oxygen atoms in total. The number of nitrogens with zero attached hydrogens (tertiary/aromatic N) is 1. The minimum atomic E-state index is -0.102. The minimum absolute atomic E-state index is 0. The number of hydrogen-bond donors (Lipinski definition) is 0. The first-order valence-electron chi connectivity index (χ1n) is 9.38. The van der Waals surface area contributed by atoms with Crippen LogP contribution in [0.1, 0.15) is 34.0 Å². The van der Waals surface area contributed by atoms with Crippen LogP contribution in [0.5, 0.6) is 11.5 Å². The lowest BCUT2D eigenvalue weighted by atomic mass is 10.1. The third-order valence-corrected chi connectivity index (χ3v) is 4.65. The molecule has 3 aromatic rings. The number of carbonyl (C=O) groups is 1. The van der Waals surface area contributed by atoms with Crippen molar-refractivity contribution in [2.45, 2.75) is 20.4 Å². The van der Waals surface area contributed by atoms with Gasteiger partial charge in [0.25, 0.3) is 0 Å². The number of aryl methyl sites for hydroxylation is 1. The topological polar surface area (TPSA) is 39.4 Å². The van der Waals surface area contributed by atoms with E-state index in [1.165, 1.54) is 11.1 Å². The Hall–Kier alpha value is -3.11. The van der Waals surface area contributed by atoms with Gasteiger partial charge in [0.15, 0.2) is 24.7 Å². The van der Waals surface area contributed by atoms with Crippen LogP contribution in [0.2, 0.25) is 0 Å². The van der Waals surface area contributed by atoms with Crippen molar-refractivity contribution in [3.63, 3.8) is 0 Å². The SMILES string of the molecule is CCOc1ccc2c(c1)O/C(=C\c1cc[n+](Cc3ccc(C)cc3)cc1)C2=O.[Cl-]. The molecule has 2 heterocycles. The van der Waals surface area contributed by atoms with Gasteiger partial charge < -0.3 is 21.9 Å². The number of rotatable bonds is 5. The van der Waals surface area contributed by atoms with Crippen LogP contribution in [0.15, 0.2) is 72.8 Å². The van der Waals surface area contributed by atoms with E-state index in [4.69, 9.17) is 9.47 Å². The van der Waals surface area contributed by atoms with Crippen molar-refractivity contribution in [1.29, 1.82) is 0 Å². The van der Waals surface area contributed by atoms with Gasteiger partial charge in [-0.2, -0.15) is 0 Å². The monoisotopic (exact) mass is 407 g/mol. The van der Waals surface area contributed by atoms with Gasteiger partial charge in [-0.3, -0.25) is 4.79 Å². The van der Waals surface area contributed by atoms with Gasteiger partial charge in [0.05, 0.1) is 12.2 Å². The highest BCUT2D eigenvalue weighted by Crippen LogP contribution is 2.34. The molecule has 0 spiro atoms. The van der Waals surface area contributed by atoms with Crippen molar-refractivity contribution < 1.29 is 31.2 Å². The molecule has 4 rings (SSSR count). The number of ketones is 1. The number of halogens is 1. The highest BCUT2D eigenvalue weighted by molar-refractivity contribution is 6.14. The van der Waals surface area contributed by atoms with Crippen molar-refractivity contribution in [2.24, 2.45) is 0 Å². The average Bonchev–Trinajstić information content (AvgIpc) is 3.00. The molecule has 2 aromatic carbocycles. The zero-order valence-electron chi connectivity index (χ0n) is 16.4. The Balaban J connectivity index is 0.00000240. The molecule has 0 radical (unpaired) electrons. The Morgan fingerprint density at radius 1 is 1.03 bits per heavy atom. The number of Topliss-reactive ketones (excluding diaryl/α,β-unsaturated/α-hetero) is 1. The van der Waals surface area contributed by atoms with Crippen LogP contribution in [0, 0.1) is 6.92 Å². The van der Waals surface area contributed by atoms with Gasteiger partial charge in [-0.15, -0.1) is 0 Å². The molecular weight excluding hydrogens is 386 g/mol. The maximum Gasteiger partial charge on any atom is 0.231 e. The lowest BCUT2D eigenvalue weighted by molar-refractivity contribution is -0.688. The molecule has 0 unspecified atom stereocenters. The predicted molar refractivity (Wildman–Crippen MR) is 107 cm³/mol. The molecule has 0 saturated carbocycles. The van der Waals surface area contributed by atoms with E-state index in [0.717, 1.165) is 12.1 Å². The molecule has 0 bridgehead atoms. The molecule has 1 aromatic heterocycles. The van der Waals surface area contributed by atoms with E-state index in [1.807, 2.05) is 31.5 Å². The van der Waals surface area contributed by atoms with Crippen molar-refractivity contribution >= 4 is 11.9 Å². The maximum atomic E-state index is 12.6. The molecule has 1 aliphatic heterocycles. The average molecular weight is 408 g/mol. The van der Waals surface area contributed by atoms with E-state index >= 15 is 0 Å². The first-order chi connectivity index (χ1) is 13.6. The third-order valence-electron chi connectivity index (χ3n) is 4.65. The van der Waals surface area contributed by atoms with E-state index in [2.05, 4.69) is 35.8 Å². The van der Waals surface area contributed by atoms with Crippen molar-refractivity contribution in [1.82, 2.24) is 0 Å². The summed E-state index contributed by atoms with van der Waals surface area (Å²) in [5.41, 5.74) is 3.99. The number of hydrogen-bond acceptors (Lipinski definition) is 3. The molecule has 0 atom stereocenters. The fourth-order valence-corrected chi connectivity index (χ4v) is 3.15. The standard InChI is InChI=1S/C24H22NO3.ClH/c1-3-27-20-8-9-21-22(15-20)28-23(24(21)26)14-18-10-12-25(13-11-18)16-19-6-4-17(2)5-7-19;/h4-15H,3,16H2,1-2H3;1H/q+1;/p-1/b23-14-;. The highest BCUT2D eigenvalue weighted by atomic mass is 35.5. The second-order valence-corrected chi connectivity index (χ2v) is 6.82. The van der Waals surface area contributed by atoms with E-state index in [0.29, 0.717) is 29.4 Å². The molecular formula is C24H22ClNO3. The zero-order chi connectivity index (χ0) is 19.5. The second kappa shape index (κ2) is 8.93. The summed E-state index contributed by atoms with van der Waals surface area (Å²) in [4.78, 5) is 12.6. The molecule has 0 N–H and O–H groups in total. The van der Waals surface area contributed by atoms with Gasteiger partial charge in [-0.1, -0.05) is 29.8 Å². The number of fused-ring (bicyclic) bond motifs is 1. The molecule has 5 heteroatoms. The molecule has 0 fully saturated rings. The maximum absolute atomic E-state index is 12.6. The van der Waals surface area contributed by atoms with Crippen LogP contribution >= 0.6 is 0 Å². The molecule has 0 amide bonds.